The molecule has 1 aromatic carbocycles. The number of aromatic amines is 1. The summed E-state index contributed by atoms with van der Waals surface area (Å²) in [6.45, 7) is 4.68. The number of carbonyl (C=O) groups is 2. The average molecular weight is 549 g/mol. The quantitative estimate of drug-likeness (QED) is 0.182. The number of carboxylic acid groups (broad SMARTS) is 2. The molecular formula is C26H28N8O4S. The molecule has 1 unspecified atom stereocenters. The Morgan fingerprint density at radius 3 is 2.64 bits per heavy atom. The molecule has 5 heterocycles. The Morgan fingerprint density at radius 1 is 1.05 bits per heavy atom. The average Bonchev–Trinajstić information content (AvgIpc) is 3.73. The highest BCUT2D eigenvalue weighted by molar-refractivity contribution is 7.09. The monoisotopic (exact) mass is 548 g/mol. The molecule has 202 valence electrons. The van der Waals surface area contributed by atoms with Crippen LogP contribution in [0.5, 0.6) is 0 Å². The summed E-state index contributed by atoms with van der Waals surface area (Å²) in [6.07, 6.45) is 2.94. The summed E-state index contributed by atoms with van der Waals surface area (Å²) >= 11 is 1.76. The number of anilines is 2. The van der Waals surface area contributed by atoms with E-state index in [4.69, 9.17) is 24.8 Å². The van der Waals surface area contributed by atoms with Crippen LogP contribution >= 0.6 is 11.3 Å². The fraction of sp³-hybridized carbons (Fsp3) is 0.269. The van der Waals surface area contributed by atoms with Crippen molar-refractivity contribution in [2.24, 2.45) is 0 Å². The van der Waals surface area contributed by atoms with Gasteiger partial charge in [-0.15, -0.1) is 11.3 Å². The number of nitrogens with zero attached hydrogens (tertiary/aromatic N) is 5. The highest BCUT2D eigenvalue weighted by Crippen LogP contribution is 2.23. The van der Waals surface area contributed by atoms with Crippen molar-refractivity contribution >= 4 is 57.4 Å². The third-order valence-electron chi connectivity index (χ3n) is 6.30. The molecule has 0 aliphatic carbocycles. The van der Waals surface area contributed by atoms with Crippen LogP contribution in [0.15, 0.2) is 60.1 Å². The van der Waals surface area contributed by atoms with Gasteiger partial charge in [0.25, 0.3) is 0 Å². The number of rotatable bonds is 8. The molecule has 0 bridgehead atoms. The van der Waals surface area contributed by atoms with Crippen LogP contribution in [0.25, 0.3) is 22.2 Å². The third kappa shape index (κ3) is 6.51. The van der Waals surface area contributed by atoms with E-state index in [-0.39, 0.29) is 0 Å². The zero-order valence-corrected chi connectivity index (χ0v) is 21.8. The number of para-hydroxylation sites is 2. The van der Waals surface area contributed by atoms with E-state index in [0.29, 0.717) is 6.04 Å². The van der Waals surface area contributed by atoms with Crippen LogP contribution in [-0.4, -0.2) is 83.8 Å². The Kier molecular flexibility index (Phi) is 7.99. The van der Waals surface area contributed by atoms with Gasteiger partial charge >= 0.3 is 11.9 Å². The van der Waals surface area contributed by atoms with E-state index in [1.807, 2.05) is 42.6 Å². The number of imidazole rings is 2. The first-order chi connectivity index (χ1) is 19.0. The van der Waals surface area contributed by atoms with E-state index in [2.05, 4.69) is 52.6 Å². The van der Waals surface area contributed by atoms with Crippen molar-refractivity contribution < 1.29 is 19.8 Å². The van der Waals surface area contributed by atoms with Gasteiger partial charge in [-0.1, -0.05) is 18.2 Å². The number of H-pyrrole nitrogens is 1. The maximum atomic E-state index is 9.10. The van der Waals surface area contributed by atoms with Gasteiger partial charge in [-0.05, 0) is 42.1 Å². The number of aromatic nitrogens is 5. The van der Waals surface area contributed by atoms with E-state index < -0.39 is 11.9 Å². The standard InChI is InChI=1S/C24H26N8S.C2H2O4/c1-2-7-20-19(6-1)28-23(29-20)26-11-13-31-12-9-17(15-31)27-24-30-21-8-3-10-25-22(21)32(24)16-18-5-4-14-33-18;3-1(4)2(5)6/h1-8,10,14,17H,9,11-13,15-16H2,(H,27,30)(H2,26,28,29);(H,3,4)(H,5,6). The predicted molar refractivity (Wildman–Crippen MR) is 149 cm³/mol. The minimum absolute atomic E-state index is 0.370. The number of hydrogen-bond donors (Lipinski definition) is 5. The van der Waals surface area contributed by atoms with Crippen LogP contribution in [0.4, 0.5) is 11.9 Å². The molecule has 0 spiro atoms. The lowest BCUT2D eigenvalue weighted by atomic mass is 10.3. The summed E-state index contributed by atoms with van der Waals surface area (Å²) in [4.78, 5) is 39.4. The Hall–Kier alpha value is -4.49. The first-order valence-electron chi connectivity index (χ1n) is 12.4. The summed E-state index contributed by atoms with van der Waals surface area (Å²) in [5.41, 5.74) is 3.91. The van der Waals surface area contributed by atoms with E-state index >= 15 is 0 Å². The highest BCUT2D eigenvalue weighted by atomic mass is 32.1. The highest BCUT2D eigenvalue weighted by Gasteiger charge is 2.24. The number of carboxylic acids is 2. The van der Waals surface area contributed by atoms with Gasteiger partial charge in [0.1, 0.15) is 5.52 Å². The molecular weight excluding hydrogens is 520 g/mol. The van der Waals surface area contributed by atoms with Crippen LogP contribution in [0, 0.1) is 0 Å². The molecule has 0 radical (unpaired) electrons. The smallest absolute Gasteiger partial charge is 0.414 e. The van der Waals surface area contributed by atoms with Gasteiger partial charge < -0.3 is 25.8 Å². The van der Waals surface area contributed by atoms with Gasteiger partial charge in [-0.25, -0.2) is 24.5 Å². The second-order valence-corrected chi connectivity index (χ2v) is 10.0. The van der Waals surface area contributed by atoms with Crippen LogP contribution in [0.3, 0.4) is 0 Å². The Balaban J connectivity index is 0.000000465. The molecule has 4 aromatic heterocycles. The minimum Gasteiger partial charge on any atom is -0.473 e. The van der Waals surface area contributed by atoms with Crippen LogP contribution in [-0.2, 0) is 16.1 Å². The molecule has 5 N–H and O–H groups in total. The predicted octanol–water partition coefficient (Wildman–Crippen LogP) is 3.17. The number of fused-ring (bicyclic) bond motifs is 2. The van der Waals surface area contributed by atoms with Gasteiger partial charge in [0, 0.05) is 43.3 Å². The molecule has 39 heavy (non-hydrogen) atoms. The van der Waals surface area contributed by atoms with Crippen molar-refractivity contribution in [2.45, 2.75) is 19.0 Å². The van der Waals surface area contributed by atoms with Gasteiger partial charge in [0.2, 0.25) is 11.9 Å². The zero-order valence-electron chi connectivity index (χ0n) is 20.9. The molecule has 0 saturated carbocycles. The number of nitrogens with one attached hydrogen (secondary N) is 3. The Bertz CT molecular complexity index is 1520. The molecule has 12 nitrogen and oxygen atoms in total. The fourth-order valence-corrected chi connectivity index (χ4v) is 5.17. The second-order valence-electron chi connectivity index (χ2n) is 9.02. The lowest BCUT2D eigenvalue weighted by molar-refractivity contribution is -0.159. The van der Waals surface area contributed by atoms with Crippen molar-refractivity contribution in [3.63, 3.8) is 0 Å². The van der Waals surface area contributed by atoms with E-state index in [1.165, 1.54) is 4.88 Å². The Labute approximate surface area is 227 Å². The van der Waals surface area contributed by atoms with E-state index in [1.54, 1.807) is 11.3 Å². The SMILES string of the molecule is O=C(O)C(=O)O.c1csc(Cn2c(NC3CCN(CCNc4nc5ccccc5[nH]4)C3)nc3cccnc32)c1. The van der Waals surface area contributed by atoms with Crippen molar-refractivity contribution in [3.05, 3.63) is 65.0 Å². The van der Waals surface area contributed by atoms with E-state index in [0.717, 1.165) is 73.2 Å². The number of likely N-dealkylation sites (tertiary alicyclic amines) is 1. The fourth-order valence-electron chi connectivity index (χ4n) is 4.48. The van der Waals surface area contributed by atoms with E-state index in [9.17, 15) is 0 Å². The summed E-state index contributed by atoms with van der Waals surface area (Å²) < 4.78 is 2.20. The van der Waals surface area contributed by atoms with Gasteiger partial charge in [-0.2, -0.15) is 0 Å². The molecule has 13 heteroatoms. The second kappa shape index (κ2) is 11.9. The van der Waals surface area contributed by atoms with Crippen molar-refractivity contribution in [1.29, 1.82) is 0 Å². The maximum Gasteiger partial charge on any atom is 0.414 e. The lowest BCUT2D eigenvalue weighted by Gasteiger charge is -2.17. The molecule has 1 aliphatic heterocycles. The van der Waals surface area contributed by atoms with Crippen molar-refractivity contribution in [1.82, 2.24) is 29.4 Å². The Morgan fingerprint density at radius 2 is 1.87 bits per heavy atom. The van der Waals surface area contributed by atoms with Crippen molar-refractivity contribution in [3.8, 4) is 0 Å². The summed E-state index contributed by atoms with van der Waals surface area (Å²) in [6, 6.07) is 16.7. The molecule has 6 rings (SSSR count). The maximum absolute atomic E-state index is 9.10. The zero-order chi connectivity index (χ0) is 27.2. The minimum atomic E-state index is -1.82. The first-order valence-corrected chi connectivity index (χ1v) is 13.3. The molecule has 1 aliphatic rings. The number of thiophene rings is 1. The molecule has 1 saturated heterocycles. The van der Waals surface area contributed by atoms with Gasteiger partial charge in [0.05, 0.1) is 17.6 Å². The number of benzene rings is 1. The summed E-state index contributed by atoms with van der Waals surface area (Å²) in [7, 11) is 0. The van der Waals surface area contributed by atoms with Gasteiger partial charge in [0.15, 0.2) is 5.65 Å². The van der Waals surface area contributed by atoms with Crippen LogP contribution in [0.2, 0.25) is 0 Å². The number of pyridine rings is 1. The largest absolute Gasteiger partial charge is 0.473 e. The number of hydrogen-bond acceptors (Lipinski definition) is 9. The van der Waals surface area contributed by atoms with Gasteiger partial charge in [-0.3, -0.25) is 9.47 Å². The molecule has 5 aromatic rings. The van der Waals surface area contributed by atoms with Crippen LogP contribution < -0.4 is 10.6 Å². The topological polar surface area (TPSA) is 161 Å². The summed E-state index contributed by atoms with van der Waals surface area (Å²) in [5.74, 6) is -1.91. The van der Waals surface area contributed by atoms with Crippen LogP contribution in [0.1, 0.15) is 11.3 Å². The summed E-state index contributed by atoms with van der Waals surface area (Å²) in [5, 5.41) is 24.0. The first kappa shape index (κ1) is 26.1. The molecule has 1 atom stereocenters. The molecule has 1 fully saturated rings. The molecule has 0 amide bonds. The normalized spacial score (nSPS) is 15.2. The van der Waals surface area contributed by atoms with Crippen molar-refractivity contribution in [2.75, 3.05) is 36.8 Å². The number of aliphatic carboxylic acids is 2. The lowest BCUT2D eigenvalue weighted by Crippen LogP contribution is -2.30. The third-order valence-corrected chi connectivity index (χ3v) is 7.16.